The van der Waals surface area contributed by atoms with Gasteiger partial charge in [0.2, 0.25) is 10.0 Å². The van der Waals surface area contributed by atoms with Crippen molar-refractivity contribution in [2.24, 2.45) is 0 Å². The highest BCUT2D eigenvalue weighted by Crippen LogP contribution is 2.32. The lowest BCUT2D eigenvalue weighted by Gasteiger charge is -2.19. The summed E-state index contributed by atoms with van der Waals surface area (Å²) in [6.45, 7) is 2.30. The summed E-state index contributed by atoms with van der Waals surface area (Å²) >= 11 is 0. The van der Waals surface area contributed by atoms with Crippen LogP contribution in [0.15, 0.2) is 70.2 Å². The number of benzene rings is 2. The van der Waals surface area contributed by atoms with Gasteiger partial charge in [0.15, 0.2) is 17.6 Å². The van der Waals surface area contributed by atoms with Gasteiger partial charge in [-0.15, -0.1) is 0 Å². The van der Waals surface area contributed by atoms with Crippen LogP contribution in [-0.4, -0.2) is 39.6 Å². The number of hydrogen-bond acceptors (Lipinski definition) is 8. The average Bonchev–Trinajstić information content (AvgIpc) is 3.36. The summed E-state index contributed by atoms with van der Waals surface area (Å²) in [7, 11) is -3.80. The van der Waals surface area contributed by atoms with Crippen LogP contribution in [0.25, 0.3) is 0 Å². The van der Waals surface area contributed by atoms with Crippen molar-refractivity contribution in [3.8, 4) is 11.5 Å². The fraction of sp³-hybridized carbons (Fsp3) is 0.217. The van der Waals surface area contributed by atoms with Crippen molar-refractivity contribution in [1.82, 2.24) is 4.72 Å². The van der Waals surface area contributed by atoms with Gasteiger partial charge in [-0.05, 0) is 55.5 Å². The van der Waals surface area contributed by atoms with E-state index in [0.29, 0.717) is 36.2 Å². The lowest BCUT2D eigenvalue weighted by molar-refractivity contribution is -0.123. The maximum atomic E-state index is 12.4. The number of furan rings is 1. The lowest BCUT2D eigenvalue weighted by Crippen LogP contribution is -2.30. The molecule has 1 amide bonds. The van der Waals surface area contributed by atoms with E-state index in [-0.39, 0.29) is 17.0 Å². The number of rotatable bonds is 8. The Balaban J connectivity index is 1.33. The number of nitrogens with one attached hydrogen (secondary N) is 2. The molecule has 34 heavy (non-hydrogen) atoms. The van der Waals surface area contributed by atoms with Gasteiger partial charge in [-0.25, -0.2) is 17.9 Å². The van der Waals surface area contributed by atoms with Crippen LogP contribution < -0.4 is 19.5 Å². The summed E-state index contributed by atoms with van der Waals surface area (Å²) in [5.41, 5.74) is 0.567. The van der Waals surface area contributed by atoms with Crippen molar-refractivity contribution in [2.75, 3.05) is 18.5 Å². The number of fused-ring (bicyclic) bond motifs is 1. The van der Waals surface area contributed by atoms with E-state index in [1.807, 2.05) is 0 Å². The Labute approximate surface area is 195 Å². The Kier molecular flexibility index (Phi) is 6.85. The van der Waals surface area contributed by atoms with E-state index >= 15 is 0 Å². The molecular formula is C23H22N2O8S. The van der Waals surface area contributed by atoms with Gasteiger partial charge in [0.05, 0.1) is 23.3 Å². The molecule has 1 unspecified atom stereocenters. The molecule has 2 heterocycles. The minimum absolute atomic E-state index is 0.00484. The molecule has 1 aliphatic heterocycles. The number of carbonyl (C=O) groups excluding carboxylic acids is 2. The summed E-state index contributed by atoms with van der Waals surface area (Å²) in [5, 5.41) is 2.66. The number of amides is 1. The van der Waals surface area contributed by atoms with Gasteiger partial charge >= 0.3 is 5.97 Å². The molecule has 1 atom stereocenters. The molecule has 1 aliphatic rings. The largest absolute Gasteiger partial charge is 0.486 e. The first-order chi connectivity index (χ1) is 16.3. The molecule has 0 saturated heterocycles. The number of esters is 1. The third kappa shape index (κ3) is 5.56. The zero-order valence-electron chi connectivity index (χ0n) is 18.1. The van der Waals surface area contributed by atoms with Crippen LogP contribution in [-0.2, 0) is 26.1 Å². The highest BCUT2D eigenvalue weighted by atomic mass is 32.2. The number of carbonyl (C=O) groups is 2. The van der Waals surface area contributed by atoms with Crippen LogP contribution in [0, 0.1) is 0 Å². The third-order valence-corrected chi connectivity index (χ3v) is 6.30. The second-order valence-corrected chi connectivity index (χ2v) is 9.09. The SMILES string of the molecule is CC(OC(=O)c1ccc(S(=O)(=O)NCc2ccco2)cc1)C(=O)Nc1ccc2c(c1)OCCO2. The Morgan fingerprint density at radius 1 is 1.03 bits per heavy atom. The van der Waals surface area contributed by atoms with Crippen molar-refractivity contribution in [1.29, 1.82) is 0 Å². The smallest absolute Gasteiger partial charge is 0.338 e. The second kappa shape index (κ2) is 9.98. The molecule has 4 rings (SSSR count). The molecule has 1 aromatic heterocycles. The molecule has 10 nitrogen and oxygen atoms in total. The molecule has 11 heteroatoms. The quantitative estimate of drug-likeness (QED) is 0.465. The molecule has 178 valence electrons. The summed E-state index contributed by atoms with van der Waals surface area (Å²) in [5.74, 6) is 0.267. The lowest BCUT2D eigenvalue weighted by atomic mass is 10.2. The summed E-state index contributed by atoms with van der Waals surface area (Å²) < 4.78 is 48.5. The van der Waals surface area contributed by atoms with Crippen LogP contribution in [0.5, 0.6) is 11.5 Å². The van der Waals surface area contributed by atoms with Crippen LogP contribution in [0.3, 0.4) is 0 Å². The molecule has 0 aliphatic carbocycles. The molecule has 0 fully saturated rings. The van der Waals surface area contributed by atoms with E-state index in [9.17, 15) is 18.0 Å². The van der Waals surface area contributed by atoms with Gasteiger partial charge in [0.25, 0.3) is 5.91 Å². The second-order valence-electron chi connectivity index (χ2n) is 7.32. The van der Waals surface area contributed by atoms with Crippen molar-refractivity contribution in [2.45, 2.75) is 24.5 Å². The Morgan fingerprint density at radius 3 is 2.47 bits per heavy atom. The monoisotopic (exact) mass is 486 g/mol. The fourth-order valence-electron chi connectivity index (χ4n) is 3.08. The molecule has 0 saturated carbocycles. The molecule has 0 radical (unpaired) electrons. The van der Waals surface area contributed by atoms with Crippen molar-refractivity contribution in [3.63, 3.8) is 0 Å². The Hall–Kier alpha value is -3.83. The number of anilines is 1. The third-order valence-electron chi connectivity index (χ3n) is 4.88. The molecular weight excluding hydrogens is 464 g/mol. The van der Waals surface area contributed by atoms with Gasteiger partial charge in [-0.1, -0.05) is 0 Å². The van der Waals surface area contributed by atoms with E-state index in [0.717, 1.165) is 0 Å². The summed E-state index contributed by atoms with van der Waals surface area (Å²) in [4.78, 5) is 24.8. The first kappa shape index (κ1) is 23.3. The zero-order valence-corrected chi connectivity index (χ0v) is 19.0. The van der Waals surface area contributed by atoms with E-state index in [2.05, 4.69) is 10.0 Å². The van der Waals surface area contributed by atoms with Gasteiger partial charge in [0.1, 0.15) is 19.0 Å². The summed E-state index contributed by atoms with van der Waals surface area (Å²) in [6.07, 6.45) is 0.348. The normalized spacial score (nSPS) is 13.7. The first-order valence-electron chi connectivity index (χ1n) is 10.4. The van der Waals surface area contributed by atoms with E-state index < -0.39 is 28.0 Å². The molecule has 0 spiro atoms. The van der Waals surface area contributed by atoms with Crippen LogP contribution in [0.2, 0.25) is 0 Å². The minimum atomic E-state index is -3.80. The van der Waals surface area contributed by atoms with Crippen LogP contribution in [0.4, 0.5) is 5.69 Å². The van der Waals surface area contributed by atoms with E-state index in [1.165, 1.54) is 37.5 Å². The fourth-order valence-corrected chi connectivity index (χ4v) is 4.07. The van der Waals surface area contributed by atoms with Crippen molar-refractivity contribution < 1.29 is 36.6 Å². The maximum absolute atomic E-state index is 12.4. The zero-order chi connectivity index (χ0) is 24.1. The van der Waals surface area contributed by atoms with Crippen LogP contribution in [0.1, 0.15) is 23.0 Å². The van der Waals surface area contributed by atoms with Gasteiger partial charge in [-0.3, -0.25) is 4.79 Å². The molecule has 2 aromatic carbocycles. The maximum Gasteiger partial charge on any atom is 0.338 e. The standard InChI is InChI=1S/C23H22N2O8S/c1-15(22(26)25-17-6-9-20-21(13-17)32-12-11-31-20)33-23(27)16-4-7-19(8-5-16)34(28,29)24-14-18-3-2-10-30-18/h2-10,13,15,24H,11-12,14H2,1H3,(H,25,26). The number of sulfonamides is 1. The van der Waals surface area contributed by atoms with Gasteiger partial charge < -0.3 is 23.9 Å². The van der Waals surface area contributed by atoms with Gasteiger partial charge in [-0.2, -0.15) is 0 Å². The average molecular weight is 487 g/mol. The van der Waals surface area contributed by atoms with Crippen LogP contribution >= 0.6 is 0 Å². The Morgan fingerprint density at radius 2 is 1.76 bits per heavy atom. The minimum Gasteiger partial charge on any atom is -0.486 e. The van der Waals surface area contributed by atoms with E-state index in [4.69, 9.17) is 18.6 Å². The summed E-state index contributed by atoms with van der Waals surface area (Å²) in [6, 6.07) is 13.4. The predicted octanol–water partition coefficient (Wildman–Crippen LogP) is 2.71. The van der Waals surface area contributed by atoms with Crippen molar-refractivity contribution >= 4 is 27.6 Å². The first-order valence-corrected chi connectivity index (χ1v) is 11.8. The topological polar surface area (TPSA) is 133 Å². The molecule has 3 aromatic rings. The van der Waals surface area contributed by atoms with Crippen molar-refractivity contribution in [3.05, 3.63) is 72.2 Å². The number of ether oxygens (including phenoxy) is 3. The molecule has 2 N–H and O–H groups in total. The predicted molar refractivity (Wildman–Crippen MR) is 120 cm³/mol. The van der Waals surface area contributed by atoms with E-state index in [1.54, 1.807) is 30.3 Å². The number of hydrogen-bond donors (Lipinski definition) is 2. The molecule has 0 bridgehead atoms. The highest BCUT2D eigenvalue weighted by Gasteiger charge is 2.21. The Bertz CT molecular complexity index is 1270. The van der Waals surface area contributed by atoms with Gasteiger partial charge in [0, 0.05) is 11.8 Å². The highest BCUT2D eigenvalue weighted by molar-refractivity contribution is 7.89.